The van der Waals surface area contributed by atoms with Gasteiger partial charge >= 0.3 is 0 Å². The Labute approximate surface area is 161 Å². The lowest BCUT2D eigenvalue weighted by Gasteiger charge is -2.22. The Bertz CT molecular complexity index is 713. The van der Waals surface area contributed by atoms with E-state index in [4.69, 9.17) is 4.74 Å². The van der Waals surface area contributed by atoms with Crippen LogP contribution in [0.4, 0.5) is 0 Å². The fourth-order valence-corrected chi connectivity index (χ4v) is 3.80. The minimum Gasteiger partial charge on any atom is -0.481 e. The fraction of sp³-hybridized carbons (Fsp3) is 0.650. The van der Waals surface area contributed by atoms with Crippen molar-refractivity contribution in [2.75, 3.05) is 21.2 Å². The van der Waals surface area contributed by atoms with Crippen molar-refractivity contribution in [1.29, 1.82) is 0 Å². The second-order valence-electron chi connectivity index (χ2n) is 7.82. The SMILES string of the molecule is COc1nc2c(cc1CNC(=O)CC(C)N(C)C)C(=O)N(C1CCCC1)C2. The number of ether oxygens (including phenoxy) is 1. The molecule has 2 aliphatic rings. The van der Waals surface area contributed by atoms with Crippen LogP contribution < -0.4 is 10.1 Å². The number of hydrogen-bond donors (Lipinski definition) is 1. The van der Waals surface area contributed by atoms with Gasteiger partial charge in [0, 0.05) is 30.6 Å². The molecule has 1 aromatic heterocycles. The molecular formula is C20H30N4O3. The molecule has 7 heteroatoms. The summed E-state index contributed by atoms with van der Waals surface area (Å²) in [5.41, 5.74) is 2.16. The lowest BCUT2D eigenvalue weighted by Crippen LogP contribution is -2.33. The Balaban J connectivity index is 1.71. The van der Waals surface area contributed by atoms with Crippen LogP contribution in [0.3, 0.4) is 0 Å². The lowest BCUT2D eigenvalue weighted by molar-refractivity contribution is -0.122. The number of amides is 2. The molecule has 1 N–H and O–H groups in total. The highest BCUT2D eigenvalue weighted by atomic mass is 16.5. The van der Waals surface area contributed by atoms with Gasteiger partial charge in [0.1, 0.15) is 0 Å². The van der Waals surface area contributed by atoms with Gasteiger partial charge in [-0.3, -0.25) is 9.59 Å². The van der Waals surface area contributed by atoms with Gasteiger partial charge in [-0.25, -0.2) is 4.98 Å². The van der Waals surface area contributed by atoms with Crippen molar-refractivity contribution >= 4 is 11.8 Å². The first kappa shape index (κ1) is 19.6. The van der Waals surface area contributed by atoms with Crippen molar-refractivity contribution in [1.82, 2.24) is 20.1 Å². The van der Waals surface area contributed by atoms with E-state index >= 15 is 0 Å². The van der Waals surface area contributed by atoms with Crippen LogP contribution in [0.1, 0.15) is 60.6 Å². The Morgan fingerprint density at radius 1 is 1.41 bits per heavy atom. The zero-order valence-corrected chi connectivity index (χ0v) is 16.7. The summed E-state index contributed by atoms with van der Waals surface area (Å²) in [6.45, 7) is 2.87. The highest BCUT2D eigenvalue weighted by Crippen LogP contribution is 2.33. The molecule has 0 spiro atoms. The molecule has 1 aliphatic carbocycles. The number of pyridine rings is 1. The number of aromatic nitrogens is 1. The summed E-state index contributed by atoms with van der Waals surface area (Å²) in [6.07, 6.45) is 4.93. The molecular weight excluding hydrogens is 344 g/mol. The quantitative estimate of drug-likeness (QED) is 0.790. The topological polar surface area (TPSA) is 74.8 Å². The Kier molecular flexibility index (Phi) is 5.99. The van der Waals surface area contributed by atoms with E-state index in [-0.39, 0.29) is 17.9 Å². The van der Waals surface area contributed by atoms with Crippen molar-refractivity contribution in [3.63, 3.8) is 0 Å². The number of fused-ring (bicyclic) bond motifs is 1. The number of nitrogens with zero attached hydrogens (tertiary/aromatic N) is 3. The number of carbonyl (C=O) groups is 2. The van der Waals surface area contributed by atoms with E-state index in [0.717, 1.165) is 24.1 Å². The van der Waals surface area contributed by atoms with Gasteiger partial charge < -0.3 is 19.9 Å². The van der Waals surface area contributed by atoms with Gasteiger partial charge in [-0.2, -0.15) is 0 Å². The molecule has 0 aromatic carbocycles. The molecule has 1 atom stereocenters. The molecule has 7 nitrogen and oxygen atoms in total. The highest BCUT2D eigenvalue weighted by molar-refractivity contribution is 5.98. The summed E-state index contributed by atoms with van der Waals surface area (Å²) in [6, 6.07) is 2.33. The molecule has 148 valence electrons. The molecule has 3 rings (SSSR count). The average Bonchev–Trinajstić information content (AvgIpc) is 3.27. The molecule has 0 saturated heterocycles. The van der Waals surface area contributed by atoms with Crippen molar-refractivity contribution in [3.05, 3.63) is 22.9 Å². The maximum absolute atomic E-state index is 12.8. The number of hydrogen-bond acceptors (Lipinski definition) is 5. The highest BCUT2D eigenvalue weighted by Gasteiger charge is 2.35. The van der Waals surface area contributed by atoms with E-state index in [2.05, 4.69) is 10.3 Å². The van der Waals surface area contributed by atoms with Crippen molar-refractivity contribution in [2.45, 2.75) is 64.2 Å². The van der Waals surface area contributed by atoms with Crippen LogP contribution in [-0.4, -0.2) is 59.9 Å². The van der Waals surface area contributed by atoms with Gasteiger partial charge in [-0.1, -0.05) is 12.8 Å². The number of methoxy groups -OCH3 is 1. The Morgan fingerprint density at radius 3 is 2.74 bits per heavy atom. The minimum absolute atomic E-state index is 0.0299. The average molecular weight is 374 g/mol. The van der Waals surface area contributed by atoms with Crippen LogP contribution >= 0.6 is 0 Å². The molecule has 2 heterocycles. The molecule has 27 heavy (non-hydrogen) atoms. The third kappa shape index (κ3) is 4.24. The molecule has 1 saturated carbocycles. The van der Waals surface area contributed by atoms with E-state index in [1.54, 1.807) is 7.11 Å². The molecule has 1 unspecified atom stereocenters. The van der Waals surface area contributed by atoms with E-state index in [0.29, 0.717) is 37.0 Å². The van der Waals surface area contributed by atoms with Crippen LogP contribution in [0.5, 0.6) is 5.88 Å². The summed E-state index contributed by atoms with van der Waals surface area (Å²) < 4.78 is 5.42. The van der Waals surface area contributed by atoms with Gasteiger partial charge in [0.25, 0.3) is 5.91 Å². The van der Waals surface area contributed by atoms with E-state index in [1.165, 1.54) is 12.8 Å². The normalized spacial score (nSPS) is 18.1. The number of carbonyl (C=O) groups excluding carboxylic acids is 2. The van der Waals surface area contributed by atoms with Gasteiger partial charge in [-0.05, 0) is 39.9 Å². The fourth-order valence-electron chi connectivity index (χ4n) is 3.80. The first-order chi connectivity index (χ1) is 12.9. The molecule has 1 fully saturated rings. The monoisotopic (exact) mass is 374 g/mol. The predicted octanol–water partition coefficient (Wildman–Crippen LogP) is 1.94. The van der Waals surface area contributed by atoms with Crippen LogP contribution in [0, 0.1) is 0 Å². The number of nitrogens with one attached hydrogen (secondary N) is 1. The third-order valence-corrected chi connectivity index (χ3v) is 5.75. The van der Waals surface area contributed by atoms with E-state index in [9.17, 15) is 9.59 Å². The summed E-state index contributed by atoms with van der Waals surface area (Å²) in [5.74, 6) is 0.509. The molecule has 0 bridgehead atoms. The summed E-state index contributed by atoms with van der Waals surface area (Å²) in [5, 5.41) is 2.92. The molecule has 1 aromatic rings. The van der Waals surface area contributed by atoms with Crippen molar-refractivity contribution < 1.29 is 14.3 Å². The summed E-state index contributed by atoms with van der Waals surface area (Å²) in [7, 11) is 5.47. The predicted molar refractivity (Wildman–Crippen MR) is 103 cm³/mol. The van der Waals surface area contributed by atoms with Gasteiger partial charge in [-0.15, -0.1) is 0 Å². The largest absolute Gasteiger partial charge is 0.481 e. The summed E-state index contributed by atoms with van der Waals surface area (Å²) in [4.78, 5) is 33.6. The molecule has 2 amide bonds. The van der Waals surface area contributed by atoms with Crippen molar-refractivity contribution in [3.8, 4) is 5.88 Å². The zero-order chi connectivity index (χ0) is 19.6. The minimum atomic E-state index is -0.0299. The van der Waals surface area contributed by atoms with Crippen LogP contribution in [0.2, 0.25) is 0 Å². The maximum atomic E-state index is 12.8. The van der Waals surface area contributed by atoms with Crippen LogP contribution in [-0.2, 0) is 17.9 Å². The van der Waals surface area contributed by atoms with Gasteiger partial charge in [0.15, 0.2) is 0 Å². The van der Waals surface area contributed by atoms with Gasteiger partial charge in [0.05, 0.1) is 24.9 Å². The summed E-state index contributed by atoms with van der Waals surface area (Å²) >= 11 is 0. The lowest BCUT2D eigenvalue weighted by atomic mass is 10.1. The van der Waals surface area contributed by atoms with E-state index in [1.807, 2.05) is 36.9 Å². The molecule has 0 radical (unpaired) electrons. The first-order valence-corrected chi connectivity index (χ1v) is 9.71. The Hall–Kier alpha value is -2.15. The maximum Gasteiger partial charge on any atom is 0.256 e. The van der Waals surface area contributed by atoms with Crippen LogP contribution in [0.25, 0.3) is 0 Å². The second-order valence-corrected chi connectivity index (χ2v) is 7.82. The number of rotatable bonds is 7. The molecule has 1 aliphatic heterocycles. The van der Waals surface area contributed by atoms with E-state index < -0.39 is 0 Å². The smallest absolute Gasteiger partial charge is 0.256 e. The van der Waals surface area contributed by atoms with Crippen molar-refractivity contribution in [2.24, 2.45) is 0 Å². The zero-order valence-electron chi connectivity index (χ0n) is 16.7. The van der Waals surface area contributed by atoms with Crippen LogP contribution in [0.15, 0.2) is 6.07 Å². The Morgan fingerprint density at radius 2 is 2.11 bits per heavy atom. The third-order valence-electron chi connectivity index (χ3n) is 5.75. The second kappa shape index (κ2) is 8.25. The van der Waals surface area contributed by atoms with Gasteiger partial charge in [0.2, 0.25) is 11.8 Å². The first-order valence-electron chi connectivity index (χ1n) is 9.71. The standard InChI is InChI=1S/C20H30N4O3/c1-13(23(2)3)9-18(25)21-11-14-10-16-17(22-19(14)27-4)12-24(20(16)26)15-7-5-6-8-15/h10,13,15H,5-9,11-12H2,1-4H3,(H,21,25).